The normalized spacial score (nSPS) is 43.0. The predicted molar refractivity (Wildman–Crippen MR) is 80.3 cm³/mol. The van der Waals surface area contributed by atoms with Crippen molar-refractivity contribution in [1.29, 1.82) is 0 Å². The lowest BCUT2D eigenvalue weighted by atomic mass is 9.48. The van der Waals surface area contributed by atoms with E-state index in [4.69, 9.17) is 0 Å². The summed E-state index contributed by atoms with van der Waals surface area (Å²) >= 11 is 0. The number of carbonyl (C=O) groups excluding carboxylic acids is 1. The smallest absolute Gasteiger partial charge is 0.222 e. The van der Waals surface area contributed by atoms with Gasteiger partial charge in [-0.1, -0.05) is 0 Å². The van der Waals surface area contributed by atoms with Gasteiger partial charge in [0.25, 0.3) is 0 Å². The van der Waals surface area contributed by atoms with Crippen LogP contribution < -0.4 is 0 Å². The van der Waals surface area contributed by atoms with E-state index in [0.29, 0.717) is 11.3 Å². The molecule has 4 bridgehead atoms. The van der Waals surface area contributed by atoms with Crippen molar-refractivity contribution < 1.29 is 4.79 Å². The maximum atomic E-state index is 12.4. The van der Waals surface area contributed by atoms with E-state index in [1.165, 1.54) is 64.2 Å². The highest BCUT2D eigenvalue weighted by atomic mass is 16.2. The van der Waals surface area contributed by atoms with Crippen molar-refractivity contribution >= 4 is 5.91 Å². The third-order valence-corrected chi connectivity index (χ3v) is 6.74. The van der Waals surface area contributed by atoms with Gasteiger partial charge >= 0.3 is 0 Å². The van der Waals surface area contributed by atoms with Crippen molar-refractivity contribution in [3.05, 3.63) is 0 Å². The second-order valence-corrected chi connectivity index (χ2v) is 8.36. The molecule has 20 heavy (non-hydrogen) atoms. The van der Waals surface area contributed by atoms with Crippen LogP contribution in [0.25, 0.3) is 0 Å². The minimum Gasteiger partial charge on any atom is -0.343 e. The topological polar surface area (TPSA) is 20.3 Å². The zero-order valence-corrected chi connectivity index (χ0v) is 12.8. The SMILES string of the molecule is O=C(CCC12CC3CC(CC(C3)C1)C2)N1CCCCC1. The van der Waals surface area contributed by atoms with Crippen molar-refractivity contribution in [3.8, 4) is 0 Å². The summed E-state index contributed by atoms with van der Waals surface area (Å²) in [7, 11) is 0. The second-order valence-electron chi connectivity index (χ2n) is 8.36. The molecule has 5 fully saturated rings. The minimum absolute atomic E-state index is 0.459. The van der Waals surface area contributed by atoms with E-state index in [1.807, 2.05) is 0 Å². The highest BCUT2D eigenvalue weighted by molar-refractivity contribution is 5.76. The maximum absolute atomic E-state index is 12.4. The van der Waals surface area contributed by atoms with Crippen LogP contribution >= 0.6 is 0 Å². The predicted octanol–water partition coefficient (Wildman–Crippen LogP) is 4.00. The molecule has 0 spiro atoms. The lowest BCUT2D eigenvalue weighted by Gasteiger charge is -2.57. The van der Waals surface area contributed by atoms with Crippen LogP contribution in [-0.2, 0) is 4.79 Å². The molecule has 1 heterocycles. The molecule has 1 aliphatic heterocycles. The van der Waals surface area contributed by atoms with Gasteiger partial charge < -0.3 is 4.90 Å². The summed E-state index contributed by atoms with van der Waals surface area (Å²) in [6.45, 7) is 2.05. The van der Waals surface area contributed by atoms with E-state index >= 15 is 0 Å². The van der Waals surface area contributed by atoms with Crippen molar-refractivity contribution in [3.63, 3.8) is 0 Å². The van der Waals surface area contributed by atoms with Crippen LogP contribution in [0.15, 0.2) is 0 Å². The summed E-state index contributed by atoms with van der Waals surface area (Å²) in [5.41, 5.74) is 0.584. The summed E-state index contributed by atoms with van der Waals surface area (Å²) in [5, 5.41) is 0. The van der Waals surface area contributed by atoms with Gasteiger partial charge in [-0.05, 0) is 87.4 Å². The first-order chi connectivity index (χ1) is 9.72. The molecule has 2 heteroatoms. The van der Waals surface area contributed by atoms with Gasteiger partial charge in [0.2, 0.25) is 5.91 Å². The number of piperidine rings is 1. The number of hydrogen-bond acceptors (Lipinski definition) is 1. The van der Waals surface area contributed by atoms with Gasteiger partial charge in [0.1, 0.15) is 0 Å². The fraction of sp³-hybridized carbons (Fsp3) is 0.944. The molecule has 4 aliphatic carbocycles. The Morgan fingerprint density at radius 1 is 0.900 bits per heavy atom. The number of amides is 1. The van der Waals surface area contributed by atoms with Gasteiger partial charge in [-0.15, -0.1) is 0 Å². The summed E-state index contributed by atoms with van der Waals surface area (Å²) in [5.74, 6) is 3.52. The van der Waals surface area contributed by atoms with E-state index in [1.54, 1.807) is 0 Å². The Kier molecular flexibility index (Phi) is 3.31. The molecule has 4 saturated carbocycles. The van der Waals surface area contributed by atoms with Crippen molar-refractivity contribution in [2.45, 2.75) is 70.6 Å². The Hall–Kier alpha value is -0.530. The Morgan fingerprint density at radius 2 is 1.45 bits per heavy atom. The van der Waals surface area contributed by atoms with Crippen molar-refractivity contribution in [2.24, 2.45) is 23.2 Å². The molecular weight excluding hydrogens is 246 g/mol. The molecule has 0 aromatic carbocycles. The maximum Gasteiger partial charge on any atom is 0.222 e. The zero-order valence-electron chi connectivity index (χ0n) is 12.8. The molecule has 112 valence electrons. The number of likely N-dealkylation sites (tertiary alicyclic amines) is 1. The van der Waals surface area contributed by atoms with Crippen LogP contribution in [0.2, 0.25) is 0 Å². The van der Waals surface area contributed by atoms with Crippen LogP contribution in [0.1, 0.15) is 70.6 Å². The molecule has 1 amide bonds. The van der Waals surface area contributed by atoms with E-state index in [-0.39, 0.29) is 0 Å². The van der Waals surface area contributed by atoms with Gasteiger partial charge in [-0.2, -0.15) is 0 Å². The molecule has 5 aliphatic rings. The number of carbonyl (C=O) groups is 1. The van der Waals surface area contributed by atoms with Gasteiger partial charge in [0, 0.05) is 19.5 Å². The summed E-state index contributed by atoms with van der Waals surface area (Å²) in [6, 6.07) is 0. The third kappa shape index (κ3) is 2.40. The van der Waals surface area contributed by atoms with Gasteiger partial charge in [0.05, 0.1) is 0 Å². The first-order valence-corrected chi connectivity index (χ1v) is 9.00. The third-order valence-electron chi connectivity index (χ3n) is 6.74. The monoisotopic (exact) mass is 275 g/mol. The average Bonchev–Trinajstić information content (AvgIpc) is 2.44. The molecule has 1 saturated heterocycles. The summed E-state index contributed by atoms with van der Waals surface area (Å²) < 4.78 is 0. The van der Waals surface area contributed by atoms with Crippen LogP contribution in [0.4, 0.5) is 0 Å². The molecule has 5 rings (SSSR count). The molecule has 0 radical (unpaired) electrons. The summed E-state index contributed by atoms with van der Waals surface area (Å²) in [4.78, 5) is 14.6. The summed E-state index contributed by atoms with van der Waals surface area (Å²) in [6.07, 6.45) is 14.7. The molecule has 0 atom stereocenters. The highest BCUT2D eigenvalue weighted by Gasteiger charge is 2.50. The minimum atomic E-state index is 0.459. The Labute approximate surface area is 123 Å². The lowest BCUT2D eigenvalue weighted by Crippen LogP contribution is -2.46. The fourth-order valence-corrected chi connectivity index (χ4v) is 6.27. The van der Waals surface area contributed by atoms with Crippen LogP contribution in [0.3, 0.4) is 0 Å². The Balaban J connectivity index is 1.36. The quantitative estimate of drug-likeness (QED) is 0.762. The molecule has 0 N–H and O–H groups in total. The van der Waals surface area contributed by atoms with E-state index in [9.17, 15) is 4.79 Å². The van der Waals surface area contributed by atoms with E-state index in [2.05, 4.69) is 4.90 Å². The molecule has 0 unspecified atom stereocenters. The molecular formula is C18H29NO. The van der Waals surface area contributed by atoms with Gasteiger partial charge in [-0.25, -0.2) is 0 Å². The Morgan fingerprint density at radius 3 is 2.00 bits per heavy atom. The number of rotatable bonds is 3. The van der Waals surface area contributed by atoms with Crippen LogP contribution in [-0.4, -0.2) is 23.9 Å². The number of nitrogens with zero attached hydrogens (tertiary/aromatic N) is 1. The van der Waals surface area contributed by atoms with Gasteiger partial charge in [-0.3, -0.25) is 4.79 Å². The zero-order chi connectivity index (χ0) is 13.6. The molecule has 0 aromatic rings. The van der Waals surface area contributed by atoms with Crippen molar-refractivity contribution in [1.82, 2.24) is 4.90 Å². The highest BCUT2D eigenvalue weighted by Crippen LogP contribution is 2.61. The Bertz CT molecular complexity index is 348. The largest absolute Gasteiger partial charge is 0.343 e. The first kappa shape index (κ1) is 13.2. The van der Waals surface area contributed by atoms with Crippen LogP contribution in [0, 0.1) is 23.2 Å². The second kappa shape index (κ2) is 5.03. The standard InChI is InChI=1S/C18H29NO/c20-17(19-6-2-1-3-7-19)4-5-18-11-14-8-15(12-18)10-16(9-14)13-18/h14-16H,1-13H2. The molecule has 2 nitrogen and oxygen atoms in total. The number of hydrogen-bond donors (Lipinski definition) is 0. The first-order valence-electron chi connectivity index (χ1n) is 9.00. The van der Waals surface area contributed by atoms with Crippen molar-refractivity contribution in [2.75, 3.05) is 13.1 Å². The molecule has 0 aromatic heterocycles. The van der Waals surface area contributed by atoms with Gasteiger partial charge in [0.15, 0.2) is 0 Å². The van der Waals surface area contributed by atoms with E-state index in [0.717, 1.165) is 37.3 Å². The fourth-order valence-electron chi connectivity index (χ4n) is 6.27. The lowest BCUT2D eigenvalue weighted by molar-refractivity contribution is -0.134. The van der Waals surface area contributed by atoms with Crippen LogP contribution in [0.5, 0.6) is 0 Å². The average molecular weight is 275 g/mol. The van der Waals surface area contributed by atoms with E-state index < -0.39 is 0 Å².